The van der Waals surface area contributed by atoms with Gasteiger partial charge in [0.1, 0.15) is 23.7 Å². The van der Waals surface area contributed by atoms with Crippen LogP contribution in [0.1, 0.15) is 35.6 Å². The maximum absolute atomic E-state index is 13.2. The summed E-state index contributed by atoms with van der Waals surface area (Å²) < 4.78 is 5.78. The fourth-order valence-electron chi connectivity index (χ4n) is 3.57. The van der Waals surface area contributed by atoms with E-state index in [9.17, 15) is 4.79 Å². The zero-order valence-corrected chi connectivity index (χ0v) is 18.5. The van der Waals surface area contributed by atoms with Gasteiger partial charge in [-0.2, -0.15) is 5.26 Å². The second kappa shape index (κ2) is 10.7. The van der Waals surface area contributed by atoms with Crippen molar-refractivity contribution in [3.8, 4) is 11.8 Å². The molecule has 7 nitrogen and oxygen atoms in total. The zero-order chi connectivity index (χ0) is 23.0. The van der Waals surface area contributed by atoms with E-state index in [-0.39, 0.29) is 17.9 Å². The van der Waals surface area contributed by atoms with E-state index in [1.54, 1.807) is 12.3 Å². The standard InChI is InChI=1S/C26H27N5O2/c1-18(20-9-7-19(13-27)8-10-20)14-30-25(21-5-3-2-4-6-21)26(32)31-24-12-11-22(17-29-24)33-23-15-28-16-23/h2-12,17-18,23,25,28,30H,14-16H2,1H3,(H,29,31,32)/t18-,25-/m1/s1. The third kappa shape index (κ3) is 5.95. The molecule has 0 radical (unpaired) electrons. The Morgan fingerprint density at radius 3 is 2.48 bits per heavy atom. The van der Waals surface area contributed by atoms with Crippen LogP contribution in [0.15, 0.2) is 72.9 Å². The van der Waals surface area contributed by atoms with Gasteiger partial charge in [0.05, 0.1) is 17.8 Å². The molecule has 1 aliphatic heterocycles. The lowest BCUT2D eigenvalue weighted by Gasteiger charge is -2.27. The van der Waals surface area contributed by atoms with Crippen molar-refractivity contribution in [1.29, 1.82) is 5.26 Å². The van der Waals surface area contributed by atoms with E-state index in [0.29, 0.717) is 23.7 Å². The van der Waals surface area contributed by atoms with Gasteiger partial charge in [-0.3, -0.25) is 4.79 Å². The van der Waals surface area contributed by atoms with Crippen LogP contribution in [0.3, 0.4) is 0 Å². The molecule has 0 unspecified atom stereocenters. The molecule has 168 valence electrons. The summed E-state index contributed by atoms with van der Waals surface area (Å²) in [5, 5.41) is 18.5. The first-order chi connectivity index (χ1) is 16.1. The first-order valence-electron chi connectivity index (χ1n) is 11.0. The van der Waals surface area contributed by atoms with Crippen LogP contribution in [0.4, 0.5) is 5.82 Å². The number of hydrogen-bond acceptors (Lipinski definition) is 6. The summed E-state index contributed by atoms with van der Waals surface area (Å²) in [7, 11) is 0. The van der Waals surface area contributed by atoms with Gasteiger partial charge in [-0.05, 0) is 41.3 Å². The highest BCUT2D eigenvalue weighted by Crippen LogP contribution is 2.20. The maximum atomic E-state index is 13.2. The molecule has 1 aliphatic rings. The molecule has 1 saturated heterocycles. The Morgan fingerprint density at radius 1 is 1.12 bits per heavy atom. The normalized spacial score (nSPS) is 15.0. The van der Waals surface area contributed by atoms with E-state index in [2.05, 4.69) is 33.9 Å². The molecule has 3 N–H and O–H groups in total. The lowest BCUT2D eigenvalue weighted by molar-refractivity contribution is -0.118. The number of benzene rings is 2. The first-order valence-corrected chi connectivity index (χ1v) is 11.0. The molecular weight excluding hydrogens is 414 g/mol. The number of ether oxygens (including phenoxy) is 1. The van der Waals surface area contributed by atoms with Gasteiger partial charge >= 0.3 is 0 Å². The Labute approximate surface area is 193 Å². The fourth-order valence-corrected chi connectivity index (χ4v) is 3.57. The van der Waals surface area contributed by atoms with E-state index in [1.807, 2.05) is 60.7 Å². The van der Waals surface area contributed by atoms with Gasteiger partial charge in [0.15, 0.2) is 0 Å². The smallest absolute Gasteiger partial charge is 0.247 e. The molecule has 1 fully saturated rings. The zero-order valence-electron chi connectivity index (χ0n) is 18.5. The number of carbonyl (C=O) groups is 1. The number of amides is 1. The number of nitriles is 1. The van der Waals surface area contributed by atoms with Crippen molar-refractivity contribution < 1.29 is 9.53 Å². The van der Waals surface area contributed by atoms with Gasteiger partial charge in [0.2, 0.25) is 5.91 Å². The minimum Gasteiger partial charge on any atom is -0.486 e. The number of nitrogens with one attached hydrogen (secondary N) is 3. The Balaban J connectivity index is 1.41. The summed E-state index contributed by atoms with van der Waals surface area (Å²) in [6, 6.07) is 22.3. The Morgan fingerprint density at radius 2 is 1.88 bits per heavy atom. The average Bonchev–Trinajstić information content (AvgIpc) is 2.83. The third-order valence-corrected chi connectivity index (χ3v) is 5.67. The van der Waals surface area contributed by atoms with E-state index < -0.39 is 6.04 Å². The highest BCUT2D eigenvalue weighted by atomic mass is 16.5. The number of carbonyl (C=O) groups excluding carboxylic acids is 1. The van der Waals surface area contributed by atoms with Gasteiger partial charge in [0, 0.05) is 19.6 Å². The van der Waals surface area contributed by atoms with Crippen molar-refractivity contribution in [2.45, 2.75) is 25.0 Å². The molecule has 0 aliphatic carbocycles. The average molecular weight is 442 g/mol. The van der Waals surface area contributed by atoms with Crippen molar-refractivity contribution in [2.75, 3.05) is 25.0 Å². The molecule has 1 aromatic heterocycles. The Kier molecular flexibility index (Phi) is 7.30. The Bertz CT molecular complexity index is 1090. The predicted octanol–water partition coefficient (Wildman–Crippen LogP) is 3.38. The number of pyridine rings is 1. The summed E-state index contributed by atoms with van der Waals surface area (Å²) >= 11 is 0. The van der Waals surface area contributed by atoms with Gasteiger partial charge in [-0.25, -0.2) is 4.98 Å². The van der Waals surface area contributed by atoms with Crippen LogP contribution in [-0.4, -0.2) is 36.6 Å². The largest absolute Gasteiger partial charge is 0.486 e. The third-order valence-electron chi connectivity index (χ3n) is 5.67. The molecule has 0 spiro atoms. The summed E-state index contributed by atoms with van der Waals surface area (Å²) in [5.41, 5.74) is 2.61. The topological polar surface area (TPSA) is 99.1 Å². The van der Waals surface area contributed by atoms with Crippen molar-refractivity contribution in [1.82, 2.24) is 15.6 Å². The van der Waals surface area contributed by atoms with Crippen LogP contribution in [0.25, 0.3) is 0 Å². The number of hydrogen-bond donors (Lipinski definition) is 3. The highest BCUT2D eigenvalue weighted by Gasteiger charge is 2.22. The fraction of sp³-hybridized carbons (Fsp3) is 0.269. The summed E-state index contributed by atoms with van der Waals surface area (Å²) in [5.74, 6) is 1.14. The van der Waals surface area contributed by atoms with Crippen LogP contribution in [0.5, 0.6) is 5.75 Å². The highest BCUT2D eigenvalue weighted by molar-refractivity contribution is 5.94. The summed E-state index contributed by atoms with van der Waals surface area (Å²) in [4.78, 5) is 17.5. The maximum Gasteiger partial charge on any atom is 0.247 e. The van der Waals surface area contributed by atoms with Crippen LogP contribution >= 0.6 is 0 Å². The quantitative estimate of drug-likeness (QED) is 0.471. The molecule has 3 aromatic rings. The SMILES string of the molecule is C[C@H](CN[C@@H](C(=O)Nc1ccc(OC2CNC2)cn1)c1ccccc1)c1ccc(C#N)cc1. The van der Waals surface area contributed by atoms with E-state index in [4.69, 9.17) is 10.00 Å². The number of nitrogens with zero attached hydrogens (tertiary/aromatic N) is 2. The number of anilines is 1. The minimum absolute atomic E-state index is 0.160. The van der Waals surface area contributed by atoms with Crippen LogP contribution in [0, 0.1) is 11.3 Å². The van der Waals surface area contributed by atoms with Crippen molar-refractivity contribution in [3.63, 3.8) is 0 Å². The molecule has 0 saturated carbocycles. The molecule has 1 amide bonds. The van der Waals surface area contributed by atoms with E-state index in [0.717, 1.165) is 24.2 Å². The molecule has 2 aromatic carbocycles. The van der Waals surface area contributed by atoms with Gasteiger partial charge in [-0.1, -0.05) is 49.4 Å². The monoisotopic (exact) mass is 441 g/mol. The van der Waals surface area contributed by atoms with Gasteiger partial charge in [-0.15, -0.1) is 0 Å². The molecule has 0 bridgehead atoms. The molecule has 2 heterocycles. The lowest BCUT2D eigenvalue weighted by Crippen LogP contribution is -2.50. The van der Waals surface area contributed by atoms with Crippen molar-refractivity contribution >= 4 is 11.7 Å². The number of aromatic nitrogens is 1. The Hall–Kier alpha value is -3.73. The second-order valence-corrected chi connectivity index (χ2v) is 8.15. The van der Waals surface area contributed by atoms with E-state index >= 15 is 0 Å². The van der Waals surface area contributed by atoms with Crippen LogP contribution in [-0.2, 0) is 4.79 Å². The summed E-state index contributed by atoms with van der Waals surface area (Å²) in [6.45, 7) is 4.36. The van der Waals surface area contributed by atoms with Crippen LogP contribution in [0.2, 0.25) is 0 Å². The second-order valence-electron chi connectivity index (χ2n) is 8.15. The van der Waals surface area contributed by atoms with Gasteiger partial charge in [0.25, 0.3) is 0 Å². The molecule has 33 heavy (non-hydrogen) atoms. The lowest BCUT2D eigenvalue weighted by atomic mass is 9.98. The van der Waals surface area contributed by atoms with Crippen molar-refractivity contribution in [3.05, 3.63) is 89.6 Å². The molecule has 4 rings (SSSR count). The summed E-state index contributed by atoms with van der Waals surface area (Å²) in [6.07, 6.45) is 1.81. The minimum atomic E-state index is -0.536. The van der Waals surface area contributed by atoms with Crippen molar-refractivity contribution in [2.24, 2.45) is 0 Å². The van der Waals surface area contributed by atoms with E-state index in [1.165, 1.54) is 0 Å². The first kappa shape index (κ1) is 22.5. The predicted molar refractivity (Wildman–Crippen MR) is 127 cm³/mol. The van der Waals surface area contributed by atoms with Crippen LogP contribution < -0.4 is 20.7 Å². The number of rotatable bonds is 9. The molecule has 7 heteroatoms. The molecule has 2 atom stereocenters. The van der Waals surface area contributed by atoms with Gasteiger partial charge < -0.3 is 20.7 Å². The molecular formula is C26H27N5O2.